The molecule has 0 radical (unpaired) electrons. The summed E-state index contributed by atoms with van der Waals surface area (Å²) in [7, 11) is 0. The van der Waals surface area contributed by atoms with Crippen LogP contribution < -0.4 is 0 Å². The Morgan fingerprint density at radius 3 is 2.36 bits per heavy atom. The monoisotopic (exact) mass is 195 g/mol. The molecule has 72 valence electrons. The number of H-pyrrole nitrogens is 1. The first-order chi connectivity index (χ1) is 6.68. The lowest BCUT2D eigenvalue weighted by atomic mass is 10.2. The van der Waals surface area contributed by atoms with E-state index in [4.69, 9.17) is 0 Å². The molecule has 1 aromatic carbocycles. The number of hydrogen-bond donors (Lipinski definition) is 1. The summed E-state index contributed by atoms with van der Waals surface area (Å²) in [5, 5.41) is 6.22. The van der Waals surface area contributed by atoms with Gasteiger partial charge in [-0.1, -0.05) is 6.07 Å². The summed E-state index contributed by atoms with van der Waals surface area (Å²) < 4.78 is 26.4. The molecule has 0 atom stereocenters. The van der Waals surface area contributed by atoms with Gasteiger partial charge in [0.15, 0.2) is 5.82 Å². The highest BCUT2D eigenvalue weighted by molar-refractivity contribution is 5.56. The molecule has 1 heterocycles. The molecule has 3 nitrogen and oxygen atoms in total. The molecule has 2 aromatic rings. The summed E-state index contributed by atoms with van der Waals surface area (Å²) in [4.78, 5) is 3.86. The zero-order valence-corrected chi connectivity index (χ0v) is 7.38. The van der Waals surface area contributed by atoms with Gasteiger partial charge in [0.25, 0.3) is 0 Å². The molecule has 14 heavy (non-hydrogen) atoms. The summed E-state index contributed by atoms with van der Waals surface area (Å²) in [5.74, 6) is -0.770. The molecule has 5 heteroatoms. The Balaban J connectivity index is 2.61. The minimum atomic E-state index is -0.663. The van der Waals surface area contributed by atoms with Crippen molar-refractivity contribution in [1.29, 1.82) is 0 Å². The van der Waals surface area contributed by atoms with Crippen LogP contribution in [0.2, 0.25) is 0 Å². The SMILES string of the molecule is Cc1nc(-c2c(F)cccc2F)n[nH]1. The van der Waals surface area contributed by atoms with Crippen molar-refractivity contribution in [3.63, 3.8) is 0 Å². The Hall–Kier alpha value is -1.78. The van der Waals surface area contributed by atoms with Crippen LogP contribution in [-0.4, -0.2) is 15.2 Å². The van der Waals surface area contributed by atoms with E-state index in [2.05, 4.69) is 15.2 Å². The molecule has 0 aliphatic rings. The Labute approximate surface area is 78.8 Å². The third-order valence-corrected chi connectivity index (χ3v) is 1.78. The van der Waals surface area contributed by atoms with Gasteiger partial charge in [0.2, 0.25) is 0 Å². The van der Waals surface area contributed by atoms with Crippen molar-refractivity contribution in [1.82, 2.24) is 15.2 Å². The summed E-state index contributed by atoms with van der Waals surface area (Å²) in [6.45, 7) is 1.66. The van der Waals surface area contributed by atoms with Crippen LogP contribution in [0.4, 0.5) is 8.78 Å². The largest absolute Gasteiger partial charge is 0.263 e. The van der Waals surface area contributed by atoms with E-state index >= 15 is 0 Å². The first-order valence-electron chi connectivity index (χ1n) is 4.02. The van der Waals surface area contributed by atoms with Gasteiger partial charge in [0.05, 0.1) is 5.56 Å². The lowest BCUT2D eigenvalue weighted by Gasteiger charge is -1.98. The summed E-state index contributed by atoms with van der Waals surface area (Å²) in [5.41, 5.74) is -0.197. The third kappa shape index (κ3) is 1.37. The maximum absolute atomic E-state index is 13.2. The van der Waals surface area contributed by atoms with Crippen LogP contribution in [0.1, 0.15) is 5.82 Å². The number of nitrogens with one attached hydrogen (secondary N) is 1. The van der Waals surface area contributed by atoms with Crippen LogP contribution >= 0.6 is 0 Å². The quantitative estimate of drug-likeness (QED) is 0.756. The van der Waals surface area contributed by atoms with E-state index in [1.54, 1.807) is 6.92 Å². The Bertz CT molecular complexity index is 445. The van der Waals surface area contributed by atoms with Gasteiger partial charge in [-0.2, -0.15) is 5.10 Å². The minimum absolute atomic E-state index is 0.0399. The summed E-state index contributed by atoms with van der Waals surface area (Å²) in [6.07, 6.45) is 0. The molecule has 1 N–H and O–H groups in total. The zero-order valence-electron chi connectivity index (χ0n) is 7.38. The predicted octanol–water partition coefficient (Wildman–Crippen LogP) is 2.06. The second-order valence-electron chi connectivity index (χ2n) is 2.84. The van der Waals surface area contributed by atoms with E-state index in [1.165, 1.54) is 18.2 Å². The molecule has 0 saturated heterocycles. The standard InChI is InChI=1S/C9H7F2N3/c1-5-12-9(14-13-5)8-6(10)3-2-4-7(8)11/h2-4H,1H3,(H,12,13,14). The highest BCUT2D eigenvalue weighted by Gasteiger charge is 2.14. The Morgan fingerprint density at radius 1 is 1.21 bits per heavy atom. The number of aromatic nitrogens is 3. The number of hydrogen-bond acceptors (Lipinski definition) is 2. The lowest BCUT2D eigenvalue weighted by molar-refractivity contribution is 0.587. The lowest BCUT2D eigenvalue weighted by Crippen LogP contribution is -1.91. The molecule has 0 aliphatic heterocycles. The van der Waals surface area contributed by atoms with Crippen LogP contribution in [0.25, 0.3) is 11.4 Å². The van der Waals surface area contributed by atoms with E-state index in [1.807, 2.05) is 0 Å². The number of rotatable bonds is 1. The Kier molecular flexibility index (Phi) is 1.99. The predicted molar refractivity (Wildman–Crippen MR) is 46.5 cm³/mol. The molecule has 2 rings (SSSR count). The van der Waals surface area contributed by atoms with E-state index < -0.39 is 11.6 Å². The molecular formula is C9H7F2N3. The van der Waals surface area contributed by atoms with Crippen molar-refractivity contribution in [2.75, 3.05) is 0 Å². The molecule has 0 bridgehead atoms. The fourth-order valence-corrected chi connectivity index (χ4v) is 1.17. The van der Waals surface area contributed by atoms with E-state index in [-0.39, 0.29) is 11.4 Å². The first kappa shape index (κ1) is 8.80. The number of nitrogens with zero attached hydrogens (tertiary/aromatic N) is 2. The molecule has 0 spiro atoms. The van der Waals surface area contributed by atoms with Crippen molar-refractivity contribution in [3.05, 3.63) is 35.7 Å². The normalized spacial score (nSPS) is 10.5. The fraction of sp³-hybridized carbons (Fsp3) is 0.111. The summed E-state index contributed by atoms with van der Waals surface area (Å²) >= 11 is 0. The average molecular weight is 195 g/mol. The molecule has 0 saturated carbocycles. The highest BCUT2D eigenvalue weighted by Crippen LogP contribution is 2.21. The van der Waals surface area contributed by atoms with Gasteiger partial charge in [-0.3, -0.25) is 5.10 Å². The van der Waals surface area contributed by atoms with Crippen LogP contribution in [0.3, 0.4) is 0 Å². The fourth-order valence-electron chi connectivity index (χ4n) is 1.17. The van der Waals surface area contributed by atoms with Crippen LogP contribution in [0, 0.1) is 18.6 Å². The van der Waals surface area contributed by atoms with Gasteiger partial charge in [0.1, 0.15) is 17.5 Å². The summed E-state index contributed by atoms with van der Waals surface area (Å²) in [6, 6.07) is 3.64. The van der Waals surface area contributed by atoms with Gasteiger partial charge in [-0.15, -0.1) is 0 Å². The number of aryl methyl sites for hydroxylation is 1. The first-order valence-corrected chi connectivity index (χ1v) is 4.02. The van der Waals surface area contributed by atoms with E-state index in [0.29, 0.717) is 5.82 Å². The van der Waals surface area contributed by atoms with Gasteiger partial charge in [-0.05, 0) is 19.1 Å². The maximum Gasteiger partial charge on any atom is 0.187 e. The third-order valence-electron chi connectivity index (χ3n) is 1.78. The van der Waals surface area contributed by atoms with Gasteiger partial charge >= 0.3 is 0 Å². The van der Waals surface area contributed by atoms with E-state index in [0.717, 1.165) is 0 Å². The van der Waals surface area contributed by atoms with Crippen molar-refractivity contribution < 1.29 is 8.78 Å². The zero-order chi connectivity index (χ0) is 10.1. The molecule has 0 unspecified atom stereocenters. The molecule has 0 fully saturated rings. The van der Waals surface area contributed by atoms with Crippen molar-refractivity contribution in [2.45, 2.75) is 6.92 Å². The smallest absolute Gasteiger partial charge is 0.187 e. The second-order valence-corrected chi connectivity index (χ2v) is 2.84. The molecule has 0 aliphatic carbocycles. The minimum Gasteiger partial charge on any atom is -0.263 e. The van der Waals surface area contributed by atoms with E-state index in [9.17, 15) is 8.78 Å². The van der Waals surface area contributed by atoms with Crippen molar-refractivity contribution in [2.24, 2.45) is 0 Å². The van der Waals surface area contributed by atoms with Crippen LogP contribution in [-0.2, 0) is 0 Å². The molecule has 1 aromatic heterocycles. The number of aromatic amines is 1. The topological polar surface area (TPSA) is 41.6 Å². The maximum atomic E-state index is 13.2. The molecule has 0 amide bonds. The second kappa shape index (κ2) is 3.17. The average Bonchev–Trinajstić information content (AvgIpc) is 2.51. The van der Waals surface area contributed by atoms with Crippen LogP contribution in [0.15, 0.2) is 18.2 Å². The van der Waals surface area contributed by atoms with Crippen LogP contribution in [0.5, 0.6) is 0 Å². The van der Waals surface area contributed by atoms with Gasteiger partial charge in [0, 0.05) is 0 Å². The number of benzene rings is 1. The van der Waals surface area contributed by atoms with Crippen molar-refractivity contribution in [3.8, 4) is 11.4 Å². The number of halogens is 2. The van der Waals surface area contributed by atoms with Gasteiger partial charge < -0.3 is 0 Å². The van der Waals surface area contributed by atoms with Gasteiger partial charge in [-0.25, -0.2) is 13.8 Å². The highest BCUT2D eigenvalue weighted by atomic mass is 19.1. The molecular weight excluding hydrogens is 188 g/mol. The Morgan fingerprint density at radius 2 is 1.86 bits per heavy atom. The van der Waals surface area contributed by atoms with Crippen molar-refractivity contribution >= 4 is 0 Å².